The number of allylic oxidation sites excluding steroid dienone is 2. The first kappa shape index (κ1) is 19.7. The van der Waals surface area contributed by atoms with E-state index in [1.165, 1.54) is 55.2 Å². The summed E-state index contributed by atoms with van der Waals surface area (Å²) in [5, 5.41) is 0. The molecular formula is C28H34O2. The first-order valence-corrected chi connectivity index (χ1v) is 11.7. The molecular weight excluding hydrogens is 368 g/mol. The van der Waals surface area contributed by atoms with E-state index in [0.717, 1.165) is 23.3 Å². The summed E-state index contributed by atoms with van der Waals surface area (Å²) in [4.78, 5) is 0. The van der Waals surface area contributed by atoms with Crippen molar-refractivity contribution in [3.05, 3.63) is 70.8 Å². The second-order valence-corrected chi connectivity index (χ2v) is 9.70. The zero-order valence-corrected chi connectivity index (χ0v) is 18.6. The van der Waals surface area contributed by atoms with Gasteiger partial charge in [-0.05, 0) is 97.4 Å². The molecule has 2 nitrogen and oxygen atoms in total. The van der Waals surface area contributed by atoms with E-state index in [4.69, 9.17) is 9.47 Å². The minimum Gasteiger partial charge on any atom is -0.493 e. The number of hydrogen-bond donors (Lipinski definition) is 0. The Labute approximate surface area is 181 Å². The van der Waals surface area contributed by atoms with Crippen LogP contribution < -0.4 is 9.47 Å². The van der Waals surface area contributed by atoms with Crippen LogP contribution in [0.25, 0.3) is 0 Å². The van der Waals surface area contributed by atoms with E-state index in [-0.39, 0.29) is 0 Å². The Bertz CT molecular complexity index is 945. The molecule has 4 atom stereocenters. The summed E-state index contributed by atoms with van der Waals surface area (Å²) in [6.07, 6.45) is 10.2. The van der Waals surface area contributed by atoms with Crippen LogP contribution in [-0.2, 0) is 13.0 Å². The van der Waals surface area contributed by atoms with Crippen LogP contribution in [0.3, 0.4) is 0 Å². The molecule has 2 aromatic rings. The average molecular weight is 403 g/mol. The smallest absolute Gasteiger partial charge is 0.161 e. The van der Waals surface area contributed by atoms with Crippen molar-refractivity contribution in [3.8, 4) is 11.5 Å². The molecule has 0 N–H and O–H groups in total. The summed E-state index contributed by atoms with van der Waals surface area (Å²) in [5.41, 5.74) is 6.36. The van der Waals surface area contributed by atoms with E-state index in [9.17, 15) is 0 Å². The number of benzene rings is 2. The SMILES string of the molecule is C/C=C1\CC[C@H]2[C@@H]3CCc4cc(OCc5ccccc5)c(OC)cc4[C@H]3CC[C@]12C. The zero-order chi connectivity index (χ0) is 20.7. The Kier molecular flexibility index (Phi) is 5.13. The summed E-state index contributed by atoms with van der Waals surface area (Å²) in [7, 11) is 1.77. The van der Waals surface area contributed by atoms with Crippen LogP contribution in [0.1, 0.15) is 68.6 Å². The summed E-state index contributed by atoms with van der Waals surface area (Å²) in [5.74, 6) is 4.11. The molecule has 5 rings (SSSR count). The van der Waals surface area contributed by atoms with Crippen LogP contribution in [0.5, 0.6) is 11.5 Å². The Hall–Kier alpha value is -2.22. The third-order valence-corrected chi connectivity index (χ3v) is 8.44. The number of fused-ring (bicyclic) bond motifs is 5. The molecule has 0 unspecified atom stereocenters. The molecule has 0 aromatic heterocycles. The molecule has 0 aliphatic heterocycles. The van der Waals surface area contributed by atoms with Crippen molar-refractivity contribution >= 4 is 0 Å². The predicted molar refractivity (Wildman–Crippen MR) is 122 cm³/mol. The van der Waals surface area contributed by atoms with Crippen LogP contribution in [0, 0.1) is 17.3 Å². The lowest BCUT2D eigenvalue weighted by atomic mass is 9.55. The summed E-state index contributed by atoms with van der Waals surface area (Å²) in [6, 6.07) is 14.9. The Morgan fingerprint density at radius 3 is 2.63 bits per heavy atom. The fourth-order valence-electron chi connectivity index (χ4n) is 6.91. The van der Waals surface area contributed by atoms with E-state index in [1.54, 1.807) is 12.7 Å². The van der Waals surface area contributed by atoms with Gasteiger partial charge in [0.25, 0.3) is 0 Å². The summed E-state index contributed by atoms with van der Waals surface area (Å²) >= 11 is 0. The van der Waals surface area contributed by atoms with Crippen molar-refractivity contribution in [2.24, 2.45) is 17.3 Å². The number of methoxy groups -OCH3 is 1. The Morgan fingerprint density at radius 2 is 1.87 bits per heavy atom. The van der Waals surface area contributed by atoms with Crippen LogP contribution in [-0.4, -0.2) is 7.11 Å². The van der Waals surface area contributed by atoms with Crippen LogP contribution in [0.2, 0.25) is 0 Å². The lowest BCUT2D eigenvalue weighted by Gasteiger charge is -2.49. The molecule has 0 radical (unpaired) electrons. The van der Waals surface area contributed by atoms with Crippen LogP contribution >= 0.6 is 0 Å². The van der Waals surface area contributed by atoms with Crippen LogP contribution in [0.15, 0.2) is 54.1 Å². The fourth-order valence-corrected chi connectivity index (χ4v) is 6.91. The zero-order valence-electron chi connectivity index (χ0n) is 18.6. The van der Waals surface area contributed by atoms with Gasteiger partial charge in [-0.15, -0.1) is 0 Å². The highest BCUT2D eigenvalue weighted by Crippen LogP contribution is 2.63. The van der Waals surface area contributed by atoms with Crippen molar-refractivity contribution < 1.29 is 9.47 Å². The monoisotopic (exact) mass is 402 g/mol. The van der Waals surface area contributed by atoms with Gasteiger partial charge in [0, 0.05) is 0 Å². The highest BCUT2D eigenvalue weighted by molar-refractivity contribution is 5.50. The molecule has 158 valence electrons. The Morgan fingerprint density at radius 1 is 1.03 bits per heavy atom. The highest BCUT2D eigenvalue weighted by atomic mass is 16.5. The molecule has 0 bridgehead atoms. The van der Waals surface area contributed by atoms with Gasteiger partial charge < -0.3 is 9.47 Å². The summed E-state index contributed by atoms with van der Waals surface area (Å²) in [6.45, 7) is 5.37. The van der Waals surface area contributed by atoms with Gasteiger partial charge in [0.1, 0.15) is 6.61 Å². The maximum absolute atomic E-state index is 6.20. The molecule has 30 heavy (non-hydrogen) atoms. The quantitative estimate of drug-likeness (QED) is 0.509. The number of ether oxygens (including phenoxy) is 2. The molecule has 2 saturated carbocycles. The fraction of sp³-hybridized carbons (Fsp3) is 0.500. The van der Waals surface area contributed by atoms with Gasteiger partial charge in [-0.1, -0.05) is 48.9 Å². The molecule has 3 aliphatic rings. The first-order valence-electron chi connectivity index (χ1n) is 11.7. The molecule has 0 saturated heterocycles. The van der Waals surface area contributed by atoms with E-state index in [0.29, 0.717) is 17.9 Å². The molecule has 2 aromatic carbocycles. The van der Waals surface area contributed by atoms with Gasteiger partial charge in [-0.3, -0.25) is 0 Å². The Balaban J connectivity index is 1.42. The number of aryl methyl sites for hydroxylation is 1. The maximum Gasteiger partial charge on any atom is 0.161 e. The van der Waals surface area contributed by atoms with Crippen molar-refractivity contribution in [1.29, 1.82) is 0 Å². The first-order chi connectivity index (χ1) is 14.6. The van der Waals surface area contributed by atoms with Gasteiger partial charge >= 0.3 is 0 Å². The predicted octanol–water partition coefficient (Wildman–Crippen LogP) is 7.08. The molecule has 2 heteroatoms. The largest absolute Gasteiger partial charge is 0.493 e. The lowest BCUT2D eigenvalue weighted by molar-refractivity contribution is 0.0811. The second-order valence-electron chi connectivity index (χ2n) is 9.70. The summed E-state index contributed by atoms with van der Waals surface area (Å²) < 4.78 is 12.0. The standard InChI is InChI=1S/C28H34O2/c1-4-21-11-13-25-23-12-10-20-16-27(30-18-19-8-6-5-7-9-19)26(29-3)17-24(20)22(23)14-15-28(21,25)2/h4-9,16-17,22-23,25H,10-15,18H2,1-3H3/b21-4+/t22-,23+,25-,28+/m0/s1. The van der Waals surface area contributed by atoms with E-state index in [1.807, 2.05) is 6.07 Å². The van der Waals surface area contributed by atoms with Crippen LogP contribution in [0.4, 0.5) is 0 Å². The number of hydrogen-bond acceptors (Lipinski definition) is 2. The van der Waals surface area contributed by atoms with Crippen molar-refractivity contribution in [3.63, 3.8) is 0 Å². The van der Waals surface area contributed by atoms with Crippen molar-refractivity contribution in [2.45, 2.75) is 64.9 Å². The van der Waals surface area contributed by atoms with Crippen molar-refractivity contribution in [2.75, 3.05) is 7.11 Å². The lowest BCUT2D eigenvalue weighted by Crippen LogP contribution is -2.40. The van der Waals surface area contributed by atoms with E-state index < -0.39 is 0 Å². The van der Waals surface area contributed by atoms with Gasteiger partial charge in [-0.2, -0.15) is 0 Å². The minimum absolute atomic E-state index is 0.441. The molecule has 0 amide bonds. The molecule has 3 aliphatic carbocycles. The third-order valence-electron chi connectivity index (χ3n) is 8.44. The maximum atomic E-state index is 6.20. The molecule has 2 fully saturated rings. The van der Waals surface area contributed by atoms with Gasteiger partial charge in [0.05, 0.1) is 7.11 Å². The van der Waals surface area contributed by atoms with E-state index in [2.05, 4.69) is 56.3 Å². The van der Waals surface area contributed by atoms with Gasteiger partial charge in [0.15, 0.2) is 11.5 Å². The van der Waals surface area contributed by atoms with E-state index >= 15 is 0 Å². The van der Waals surface area contributed by atoms with Gasteiger partial charge in [-0.25, -0.2) is 0 Å². The second kappa shape index (κ2) is 7.80. The minimum atomic E-state index is 0.441. The van der Waals surface area contributed by atoms with Gasteiger partial charge in [0.2, 0.25) is 0 Å². The molecule has 0 heterocycles. The topological polar surface area (TPSA) is 18.5 Å². The molecule has 0 spiro atoms. The van der Waals surface area contributed by atoms with Crippen molar-refractivity contribution in [1.82, 2.24) is 0 Å². The normalized spacial score (nSPS) is 31.0. The number of rotatable bonds is 4. The third kappa shape index (κ3) is 3.16. The average Bonchev–Trinajstić information content (AvgIpc) is 3.13. The highest BCUT2D eigenvalue weighted by Gasteiger charge is 2.52.